The number of ketones is 1. The Balaban J connectivity index is 1.85. The normalized spacial score (nSPS) is 20.4. The number of carbonyl (C=O) groups is 1. The van der Waals surface area contributed by atoms with Crippen molar-refractivity contribution >= 4 is 23.0 Å². The Morgan fingerprint density at radius 3 is 2.83 bits per heavy atom. The molecule has 24 heavy (non-hydrogen) atoms. The second-order valence-electron chi connectivity index (χ2n) is 6.65. The Labute approximate surface area is 144 Å². The number of fused-ring (bicyclic) bond motifs is 2. The number of hydrogen-bond acceptors (Lipinski definition) is 4. The van der Waals surface area contributed by atoms with Crippen LogP contribution < -0.4 is 0 Å². The lowest BCUT2D eigenvalue weighted by Crippen LogP contribution is -2.39. The van der Waals surface area contributed by atoms with E-state index in [1.165, 1.54) is 0 Å². The molecule has 0 saturated heterocycles. The van der Waals surface area contributed by atoms with Gasteiger partial charge in [0.25, 0.3) is 0 Å². The summed E-state index contributed by atoms with van der Waals surface area (Å²) >= 11 is 6.04. The van der Waals surface area contributed by atoms with Crippen molar-refractivity contribution in [3.63, 3.8) is 0 Å². The maximum absolute atomic E-state index is 13.3. The molecule has 0 fully saturated rings. The van der Waals surface area contributed by atoms with E-state index in [-0.39, 0.29) is 5.78 Å². The van der Waals surface area contributed by atoms with Crippen molar-refractivity contribution in [2.45, 2.75) is 39.0 Å². The van der Waals surface area contributed by atoms with Gasteiger partial charge in [0.15, 0.2) is 11.4 Å². The molecule has 0 spiro atoms. The number of pyridine rings is 1. The van der Waals surface area contributed by atoms with Crippen LogP contribution in [0.2, 0.25) is 5.15 Å². The van der Waals surface area contributed by atoms with Crippen LogP contribution in [0.4, 0.5) is 0 Å². The van der Waals surface area contributed by atoms with Crippen LogP contribution in [0.1, 0.15) is 46.3 Å². The summed E-state index contributed by atoms with van der Waals surface area (Å²) in [5.74, 6) is 0.0640. The quantitative estimate of drug-likeness (QED) is 0.636. The number of hydrogen-bond donors (Lipinski definition) is 0. The average Bonchev–Trinajstić information content (AvgIpc) is 2.89. The number of Topliss-reactive ketones (excluding diaryl/α,β-unsaturated/α-hetero) is 1. The van der Waals surface area contributed by atoms with E-state index >= 15 is 0 Å². The van der Waals surface area contributed by atoms with E-state index in [9.17, 15) is 4.79 Å². The first-order valence-electron chi connectivity index (χ1n) is 7.93. The van der Waals surface area contributed by atoms with Gasteiger partial charge in [0, 0.05) is 5.56 Å². The summed E-state index contributed by atoms with van der Waals surface area (Å²) < 4.78 is 1.74. The molecule has 6 heteroatoms. The van der Waals surface area contributed by atoms with Gasteiger partial charge in [-0.25, -0.2) is 14.5 Å². The van der Waals surface area contributed by atoms with Gasteiger partial charge in [0.1, 0.15) is 5.15 Å². The minimum Gasteiger partial charge on any atom is -0.293 e. The van der Waals surface area contributed by atoms with E-state index in [1.807, 2.05) is 39.1 Å². The lowest BCUT2D eigenvalue weighted by molar-refractivity contribution is 0.0868. The summed E-state index contributed by atoms with van der Waals surface area (Å²) in [6.07, 6.45) is 3.25. The van der Waals surface area contributed by atoms with Crippen molar-refractivity contribution in [3.05, 3.63) is 57.8 Å². The van der Waals surface area contributed by atoms with E-state index in [0.29, 0.717) is 23.6 Å². The molecule has 3 aromatic heterocycles. The third kappa shape index (κ3) is 2.15. The third-order valence-electron chi connectivity index (χ3n) is 4.86. The molecule has 122 valence electrons. The van der Waals surface area contributed by atoms with Gasteiger partial charge < -0.3 is 0 Å². The Hall–Kier alpha value is -2.27. The molecule has 1 unspecified atom stereocenters. The largest absolute Gasteiger partial charge is 0.293 e. The Morgan fingerprint density at radius 1 is 1.25 bits per heavy atom. The number of halogens is 1. The van der Waals surface area contributed by atoms with E-state index < -0.39 is 5.41 Å². The lowest BCUT2D eigenvalue weighted by Gasteiger charge is -2.33. The van der Waals surface area contributed by atoms with Crippen molar-refractivity contribution in [2.24, 2.45) is 0 Å². The van der Waals surface area contributed by atoms with Crippen LogP contribution in [0.25, 0.3) is 5.65 Å². The highest BCUT2D eigenvalue weighted by atomic mass is 35.5. The zero-order valence-electron chi connectivity index (χ0n) is 13.8. The number of aromatic nitrogens is 4. The van der Waals surface area contributed by atoms with Gasteiger partial charge in [-0.15, -0.1) is 0 Å². The highest BCUT2D eigenvalue weighted by Crippen LogP contribution is 2.38. The molecule has 1 aliphatic carbocycles. The molecule has 0 saturated carbocycles. The van der Waals surface area contributed by atoms with E-state index in [4.69, 9.17) is 11.6 Å². The summed E-state index contributed by atoms with van der Waals surface area (Å²) in [7, 11) is 0. The number of imidazole rings is 1. The molecule has 0 amide bonds. The van der Waals surface area contributed by atoms with Gasteiger partial charge in [-0.2, -0.15) is 5.10 Å². The Morgan fingerprint density at radius 2 is 2.04 bits per heavy atom. The number of carbonyl (C=O) groups excluding carboxylic acids is 1. The molecular weight excluding hydrogens is 324 g/mol. The predicted octanol–water partition coefficient (Wildman–Crippen LogP) is 3.48. The van der Waals surface area contributed by atoms with Crippen molar-refractivity contribution < 1.29 is 4.79 Å². The molecule has 0 aliphatic heterocycles. The zero-order valence-corrected chi connectivity index (χ0v) is 14.6. The minimum absolute atomic E-state index is 0.0640. The van der Waals surface area contributed by atoms with Crippen LogP contribution in [0.15, 0.2) is 24.4 Å². The number of rotatable bonds is 1. The molecule has 0 radical (unpaired) electrons. The van der Waals surface area contributed by atoms with Gasteiger partial charge in [-0.3, -0.25) is 4.79 Å². The summed E-state index contributed by atoms with van der Waals surface area (Å²) in [5.41, 5.74) is 4.14. The summed E-state index contributed by atoms with van der Waals surface area (Å²) in [6, 6.07) is 5.57. The second kappa shape index (κ2) is 5.11. The fourth-order valence-corrected chi connectivity index (χ4v) is 3.75. The van der Waals surface area contributed by atoms with Crippen LogP contribution in [0.3, 0.4) is 0 Å². The summed E-state index contributed by atoms with van der Waals surface area (Å²) in [5, 5.41) is 5.09. The summed E-state index contributed by atoms with van der Waals surface area (Å²) in [6.45, 7) is 5.80. The molecule has 0 aromatic carbocycles. The predicted molar refractivity (Wildman–Crippen MR) is 91.7 cm³/mol. The minimum atomic E-state index is -0.667. The molecule has 4 rings (SSSR count). The van der Waals surface area contributed by atoms with Crippen molar-refractivity contribution in [2.75, 3.05) is 0 Å². The fourth-order valence-electron chi connectivity index (χ4n) is 3.48. The van der Waals surface area contributed by atoms with Gasteiger partial charge >= 0.3 is 0 Å². The lowest BCUT2D eigenvalue weighted by atomic mass is 9.70. The van der Waals surface area contributed by atoms with Gasteiger partial charge in [0.2, 0.25) is 0 Å². The van der Waals surface area contributed by atoms with E-state index in [2.05, 4.69) is 15.1 Å². The molecular formula is C18H17ClN4O. The number of nitrogens with zero attached hydrogens (tertiary/aromatic N) is 4. The molecule has 5 nitrogen and oxygen atoms in total. The molecule has 3 aromatic rings. The highest BCUT2D eigenvalue weighted by Gasteiger charge is 2.42. The first-order chi connectivity index (χ1) is 11.4. The summed E-state index contributed by atoms with van der Waals surface area (Å²) in [4.78, 5) is 22.0. The first-order valence-corrected chi connectivity index (χ1v) is 8.30. The molecule has 0 N–H and O–H groups in total. The number of aryl methyl sites for hydroxylation is 3. The van der Waals surface area contributed by atoms with Gasteiger partial charge in [0.05, 0.1) is 28.7 Å². The van der Waals surface area contributed by atoms with Crippen LogP contribution in [0.5, 0.6) is 0 Å². The third-order valence-corrected chi connectivity index (χ3v) is 5.05. The zero-order chi connectivity index (χ0) is 17.1. The van der Waals surface area contributed by atoms with E-state index in [1.54, 1.807) is 10.6 Å². The maximum Gasteiger partial charge on any atom is 0.176 e. The Kier molecular flexibility index (Phi) is 3.25. The fraction of sp³-hybridized carbons (Fsp3) is 0.333. The second-order valence-corrected chi connectivity index (χ2v) is 7.04. The first kappa shape index (κ1) is 15.3. The van der Waals surface area contributed by atoms with Crippen LogP contribution in [-0.2, 0) is 11.8 Å². The van der Waals surface area contributed by atoms with Crippen LogP contribution in [-0.4, -0.2) is 25.4 Å². The maximum atomic E-state index is 13.3. The smallest absolute Gasteiger partial charge is 0.176 e. The van der Waals surface area contributed by atoms with Crippen molar-refractivity contribution in [1.82, 2.24) is 19.6 Å². The molecule has 1 aliphatic rings. The van der Waals surface area contributed by atoms with Gasteiger partial charge in [-0.05, 0) is 57.4 Å². The van der Waals surface area contributed by atoms with Crippen LogP contribution >= 0.6 is 11.6 Å². The molecule has 0 bridgehead atoms. The Bertz CT molecular complexity index is 994. The van der Waals surface area contributed by atoms with Gasteiger partial charge in [-0.1, -0.05) is 11.6 Å². The SMILES string of the molecule is Cc1cn2nc(C3(C)CCc4nc(Cl)cc(C)c4C3=O)ccc2n1. The molecule has 3 heterocycles. The van der Waals surface area contributed by atoms with Crippen LogP contribution in [0, 0.1) is 13.8 Å². The topological polar surface area (TPSA) is 60.2 Å². The monoisotopic (exact) mass is 340 g/mol. The van der Waals surface area contributed by atoms with Crippen molar-refractivity contribution in [3.8, 4) is 0 Å². The average molecular weight is 341 g/mol. The van der Waals surface area contributed by atoms with Crippen molar-refractivity contribution in [1.29, 1.82) is 0 Å². The molecule has 1 atom stereocenters. The van der Waals surface area contributed by atoms with E-state index in [0.717, 1.165) is 28.3 Å². The standard InChI is InChI=1S/C18H17ClN4O/c1-10-8-14(19)21-12-6-7-18(3,17(24)16(10)12)13-4-5-15-20-11(2)9-23(15)22-13/h4-5,8-9H,6-7H2,1-3H3. The highest BCUT2D eigenvalue weighted by molar-refractivity contribution is 6.29.